The summed E-state index contributed by atoms with van der Waals surface area (Å²) in [6, 6.07) is 3.56. The van der Waals surface area contributed by atoms with Gasteiger partial charge in [-0.3, -0.25) is 4.90 Å². The van der Waals surface area contributed by atoms with Gasteiger partial charge in [-0.25, -0.2) is 13.8 Å². The van der Waals surface area contributed by atoms with Gasteiger partial charge in [0.05, 0.1) is 11.8 Å². The van der Waals surface area contributed by atoms with Crippen LogP contribution in [0.2, 0.25) is 0 Å². The van der Waals surface area contributed by atoms with Gasteiger partial charge in [-0.15, -0.1) is 0 Å². The lowest BCUT2D eigenvalue weighted by Gasteiger charge is -2.28. The molecular formula is C18H21F2N3O. The molecule has 2 heterocycles. The molecule has 1 saturated carbocycles. The van der Waals surface area contributed by atoms with E-state index in [1.54, 1.807) is 0 Å². The van der Waals surface area contributed by atoms with Gasteiger partial charge in [0.15, 0.2) is 11.6 Å². The lowest BCUT2D eigenvalue weighted by Crippen LogP contribution is -2.34. The van der Waals surface area contributed by atoms with Crippen molar-refractivity contribution in [2.75, 3.05) is 13.1 Å². The summed E-state index contributed by atoms with van der Waals surface area (Å²) in [5.74, 6) is -0.0224. The van der Waals surface area contributed by atoms with Gasteiger partial charge in [0.2, 0.25) is 0 Å². The zero-order chi connectivity index (χ0) is 16.8. The third-order valence-corrected chi connectivity index (χ3v) is 5.07. The van der Waals surface area contributed by atoms with Gasteiger partial charge in [0.1, 0.15) is 5.82 Å². The Hall–Kier alpha value is -1.79. The van der Waals surface area contributed by atoms with Crippen molar-refractivity contribution in [2.45, 2.75) is 37.8 Å². The Bertz CT molecular complexity index is 770. The van der Waals surface area contributed by atoms with E-state index in [1.807, 2.05) is 0 Å². The molecule has 1 aliphatic heterocycles. The molecule has 0 spiro atoms. The van der Waals surface area contributed by atoms with E-state index < -0.39 is 17.7 Å². The molecule has 24 heavy (non-hydrogen) atoms. The van der Waals surface area contributed by atoms with Crippen LogP contribution in [0.25, 0.3) is 0 Å². The summed E-state index contributed by atoms with van der Waals surface area (Å²) < 4.78 is 28.6. The maximum Gasteiger partial charge on any atom is 0.159 e. The molecule has 2 aromatic rings. The normalized spacial score (nSPS) is 19.3. The van der Waals surface area contributed by atoms with E-state index in [1.165, 1.54) is 30.4 Å². The van der Waals surface area contributed by atoms with Crippen molar-refractivity contribution < 1.29 is 13.9 Å². The third-order valence-electron chi connectivity index (χ3n) is 5.07. The highest BCUT2D eigenvalue weighted by Gasteiger charge is 2.32. The zero-order valence-corrected chi connectivity index (χ0v) is 13.7. The molecule has 4 nitrogen and oxygen atoms in total. The minimum Gasteiger partial charge on any atom is -0.387 e. The molecule has 0 bridgehead atoms. The highest BCUT2D eigenvalue weighted by atomic mass is 19.2. The lowest BCUT2D eigenvalue weighted by atomic mass is 10.1. The van der Waals surface area contributed by atoms with E-state index in [4.69, 9.17) is 4.98 Å². The summed E-state index contributed by atoms with van der Waals surface area (Å²) in [6.07, 6.45) is 2.51. The first-order valence-electron chi connectivity index (χ1n) is 8.42. The zero-order valence-electron chi connectivity index (χ0n) is 13.7. The first-order valence-corrected chi connectivity index (χ1v) is 8.42. The minimum atomic E-state index is -0.925. The van der Waals surface area contributed by atoms with Crippen LogP contribution in [0.1, 0.15) is 47.6 Å². The second-order valence-electron chi connectivity index (χ2n) is 6.87. The van der Waals surface area contributed by atoms with Gasteiger partial charge >= 0.3 is 0 Å². The van der Waals surface area contributed by atoms with E-state index in [9.17, 15) is 13.9 Å². The molecule has 1 fully saturated rings. The molecule has 1 aromatic carbocycles. The van der Waals surface area contributed by atoms with Crippen LogP contribution < -0.4 is 0 Å². The van der Waals surface area contributed by atoms with Gasteiger partial charge in [-0.2, -0.15) is 0 Å². The van der Waals surface area contributed by atoms with Gasteiger partial charge in [-0.05, 0) is 30.5 Å². The molecular weight excluding hydrogens is 312 g/mol. The number of rotatable bonds is 4. The van der Waals surface area contributed by atoms with Crippen LogP contribution in [-0.2, 0) is 20.0 Å². The Labute approximate surface area is 139 Å². The number of hydrogen-bond donors (Lipinski definition) is 1. The standard InChI is InChI=1S/C18H21F2N3O/c1-22-16-6-7-23(9-15(16)21-18(22)11-2-3-11)10-17(24)12-4-5-13(19)14(20)8-12/h4-5,8,11,17,24H,2-3,6-7,9-10H2,1H3. The fourth-order valence-electron chi connectivity index (χ4n) is 3.54. The molecule has 0 amide bonds. The molecule has 128 valence electrons. The SMILES string of the molecule is Cn1c(C2CC2)nc2c1CCN(CC(O)c1ccc(F)c(F)c1)C2. The van der Waals surface area contributed by atoms with Gasteiger partial charge in [-0.1, -0.05) is 6.07 Å². The van der Waals surface area contributed by atoms with Crippen molar-refractivity contribution in [3.63, 3.8) is 0 Å². The highest BCUT2D eigenvalue weighted by molar-refractivity contribution is 5.24. The number of benzene rings is 1. The van der Waals surface area contributed by atoms with Crippen molar-refractivity contribution in [3.8, 4) is 0 Å². The number of halogens is 2. The molecule has 1 unspecified atom stereocenters. The summed E-state index contributed by atoms with van der Waals surface area (Å²) in [7, 11) is 2.09. The third kappa shape index (κ3) is 2.84. The smallest absolute Gasteiger partial charge is 0.159 e. The van der Waals surface area contributed by atoms with E-state index in [2.05, 4.69) is 16.5 Å². The lowest BCUT2D eigenvalue weighted by molar-refractivity contribution is 0.104. The van der Waals surface area contributed by atoms with Crippen LogP contribution in [0.3, 0.4) is 0 Å². The minimum absolute atomic E-state index is 0.389. The average Bonchev–Trinajstić information content (AvgIpc) is 3.35. The quantitative estimate of drug-likeness (QED) is 0.935. The molecule has 1 atom stereocenters. The van der Waals surface area contributed by atoms with E-state index in [-0.39, 0.29) is 0 Å². The van der Waals surface area contributed by atoms with Gasteiger partial charge in [0, 0.05) is 44.7 Å². The topological polar surface area (TPSA) is 41.3 Å². The van der Waals surface area contributed by atoms with Crippen molar-refractivity contribution >= 4 is 0 Å². The van der Waals surface area contributed by atoms with Crippen LogP contribution in [0.15, 0.2) is 18.2 Å². The Morgan fingerprint density at radius 2 is 2.08 bits per heavy atom. The van der Waals surface area contributed by atoms with Crippen molar-refractivity contribution in [1.29, 1.82) is 0 Å². The average molecular weight is 333 g/mol. The monoisotopic (exact) mass is 333 g/mol. The number of aromatic nitrogens is 2. The van der Waals surface area contributed by atoms with E-state index in [0.29, 0.717) is 24.6 Å². The molecule has 0 saturated heterocycles. The molecule has 0 radical (unpaired) electrons. The number of aliphatic hydroxyl groups is 1. The Morgan fingerprint density at radius 1 is 1.29 bits per heavy atom. The Balaban J connectivity index is 1.46. The first kappa shape index (κ1) is 15.7. The van der Waals surface area contributed by atoms with Crippen LogP contribution in [0.4, 0.5) is 8.78 Å². The molecule has 1 aliphatic carbocycles. The highest BCUT2D eigenvalue weighted by Crippen LogP contribution is 2.40. The second kappa shape index (κ2) is 5.93. The predicted octanol–water partition coefficient (Wildman–Crippen LogP) is 2.67. The van der Waals surface area contributed by atoms with Gasteiger partial charge in [0.25, 0.3) is 0 Å². The van der Waals surface area contributed by atoms with E-state index >= 15 is 0 Å². The summed E-state index contributed by atoms with van der Waals surface area (Å²) >= 11 is 0. The largest absolute Gasteiger partial charge is 0.387 e. The molecule has 4 rings (SSSR count). The van der Waals surface area contributed by atoms with Crippen LogP contribution >= 0.6 is 0 Å². The maximum absolute atomic E-state index is 13.3. The fourth-order valence-corrected chi connectivity index (χ4v) is 3.54. The fraction of sp³-hybridized carbons (Fsp3) is 0.500. The summed E-state index contributed by atoms with van der Waals surface area (Å²) in [5, 5.41) is 10.3. The van der Waals surface area contributed by atoms with Crippen molar-refractivity contribution in [2.24, 2.45) is 7.05 Å². The number of β-amino-alcohol motifs (C(OH)–C–C–N with tert-alkyl or cyclic N) is 1. The Morgan fingerprint density at radius 3 is 2.79 bits per heavy atom. The molecule has 1 N–H and O–H groups in total. The second-order valence-corrected chi connectivity index (χ2v) is 6.87. The Kier molecular flexibility index (Phi) is 3.89. The number of nitrogens with zero attached hydrogens (tertiary/aromatic N) is 3. The summed E-state index contributed by atoms with van der Waals surface area (Å²) in [4.78, 5) is 6.92. The number of fused-ring (bicyclic) bond motifs is 1. The van der Waals surface area contributed by atoms with Crippen LogP contribution in [0.5, 0.6) is 0 Å². The summed E-state index contributed by atoms with van der Waals surface area (Å²) in [6.45, 7) is 1.91. The van der Waals surface area contributed by atoms with Crippen molar-refractivity contribution in [1.82, 2.24) is 14.5 Å². The van der Waals surface area contributed by atoms with Crippen LogP contribution in [0, 0.1) is 11.6 Å². The van der Waals surface area contributed by atoms with Crippen LogP contribution in [-0.4, -0.2) is 32.6 Å². The number of aliphatic hydroxyl groups excluding tert-OH is 1. The maximum atomic E-state index is 13.3. The van der Waals surface area contributed by atoms with Crippen molar-refractivity contribution in [3.05, 3.63) is 52.6 Å². The molecule has 2 aliphatic rings. The van der Waals surface area contributed by atoms with Gasteiger partial charge < -0.3 is 9.67 Å². The summed E-state index contributed by atoms with van der Waals surface area (Å²) in [5.41, 5.74) is 2.78. The first-order chi connectivity index (χ1) is 11.5. The predicted molar refractivity (Wildman–Crippen MR) is 85.5 cm³/mol. The molecule has 1 aromatic heterocycles. The number of imidazole rings is 1. The molecule has 6 heteroatoms. The van der Waals surface area contributed by atoms with E-state index in [0.717, 1.165) is 30.8 Å². The number of hydrogen-bond acceptors (Lipinski definition) is 3.